The van der Waals surface area contributed by atoms with Gasteiger partial charge >= 0.3 is 5.97 Å². The lowest BCUT2D eigenvalue weighted by Crippen LogP contribution is -2.25. The molecular formula is C12H20O5. The van der Waals surface area contributed by atoms with Gasteiger partial charge < -0.3 is 18.9 Å². The molecule has 0 saturated carbocycles. The first-order valence-corrected chi connectivity index (χ1v) is 5.39. The van der Waals surface area contributed by atoms with Gasteiger partial charge in [-0.1, -0.05) is 13.2 Å². The second kappa shape index (κ2) is 9.86. The van der Waals surface area contributed by atoms with Crippen molar-refractivity contribution in [2.45, 2.75) is 26.2 Å². The summed E-state index contributed by atoms with van der Waals surface area (Å²) in [6, 6.07) is 0. The fraction of sp³-hybridized carbons (Fsp3) is 0.583. The maximum absolute atomic E-state index is 10.7. The summed E-state index contributed by atoms with van der Waals surface area (Å²) in [7, 11) is 0. The Kier molecular flexibility index (Phi) is 9.09. The van der Waals surface area contributed by atoms with E-state index in [0.717, 1.165) is 6.08 Å². The maximum atomic E-state index is 10.7. The molecule has 98 valence electrons. The van der Waals surface area contributed by atoms with Crippen molar-refractivity contribution in [3.8, 4) is 0 Å². The van der Waals surface area contributed by atoms with Gasteiger partial charge in [-0.15, -0.1) is 0 Å². The van der Waals surface area contributed by atoms with E-state index < -0.39 is 12.3 Å². The van der Waals surface area contributed by atoms with Crippen molar-refractivity contribution in [1.82, 2.24) is 0 Å². The van der Waals surface area contributed by atoms with E-state index in [1.807, 2.05) is 13.8 Å². The van der Waals surface area contributed by atoms with Gasteiger partial charge in [0, 0.05) is 6.08 Å². The van der Waals surface area contributed by atoms with Gasteiger partial charge in [0.1, 0.15) is 13.2 Å². The van der Waals surface area contributed by atoms with Gasteiger partial charge in [0.15, 0.2) is 0 Å². The average molecular weight is 244 g/mol. The van der Waals surface area contributed by atoms with Crippen LogP contribution >= 0.6 is 0 Å². The molecule has 0 spiro atoms. The average Bonchev–Trinajstić information content (AvgIpc) is 2.27. The van der Waals surface area contributed by atoms with Gasteiger partial charge in [0.05, 0.1) is 19.0 Å². The third kappa shape index (κ3) is 9.59. The van der Waals surface area contributed by atoms with Crippen LogP contribution in [0, 0.1) is 0 Å². The van der Waals surface area contributed by atoms with E-state index >= 15 is 0 Å². The summed E-state index contributed by atoms with van der Waals surface area (Å²) in [6.45, 7) is 11.2. The highest BCUT2D eigenvalue weighted by molar-refractivity contribution is 5.81. The highest BCUT2D eigenvalue weighted by Gasteiger charge is 2.10. The van der Waals surface area contributed by atoms with Crippen LogP contribution < -0.4 is 0 Å². The summed E-state index contributed by atoms with van der Waals surface area (Å²) in [6.07, 6.45) is 1.93. The van der Waals surface area contributed by atoms with Gasteiger partial charge in [0.25, 0.3) is 0 Å². The van der Waals surface area contributed by atoms with Crippen molar-refractivity contribution in [2.75, 3.05) is 19.8 Å². The van der Waals surface area contributed by atoms with Crippen LogP contribution in [-0.2, 0) is 23.7 Å². The van der Waals surface area contributed by atoms with Crippen molar-refractivity contribution < 1.29 is 23.7 Å². The molecule has 5 nitrogen and oxygen atoms in total. The number of esters is 1. The van der Waals surface area contributed by atoms with Crippen molar-refractivity contribution in [1.29, 1.82) is 0 Å². The molecule has 0 heterocycles. The standard InChI is InChI=1S/C12H20O5/c1-5-11(13)16-8-7-14-9-12(15-6-2)17-10(3)4/h5-6,10,12H,1-2,7-9H2,3-4H3. The quantitative estimate of drug-likeness (QED) is 0.192. The Hall–Kier alpha value is -1.33. The number of carbonyl (C=O) groups is 1. The van der Waals surface area contributed by atoms with E-state index in [4.69, 9.17) is 18.9 Å². The summed E-state index contributed by atoms with van der Waals surface area (Å²) >= 11 is 0. The van der Waals surface area contributed by atoms with Crippen molar-refractivity contribution >= 4 is 5.97 Å². The zero-order chi connectivity index (χ0) is 13.1. The maximum Gasteiger partial charge on any atom is 0.330 e. The molecule has 0 aromatic rings. The molecule has 1 unspecified atom stereocenters. The Morgan fingerprint density at radius 2 is 2.00 bits per heavy atom. The van der Waals surface area contributed by atoms with Gasteiger partial charge in [-0.3, -0.25) is 0 Å². The minimum atomic E-state index is -0.498. The molecule has 0 radical (unpaired) electrons. The molecule has 0 amide bonds. The highest BCUT2D eigenvalue weighted by atomic mass is 16.7. The first kappa shape index (κ1) is 15.7. The van der Waals surface area contributed by atoms with E-state index in [9.17, 15) is 4.79 Å². The summed E-state index contributed by atoms with van der Waals surface area (Å²) < 4.78 is 20.5. The lowest BCUT2D eigenvalue weighted by atomic mass is 10.5. The van der Waals surface area contributed by atoms with Gasteiger partial charge in [-0.25, -0.2) is 4.79 Å². The second-order valence-corrected chi connectivity index (χ2v) is 3.36. The number of rotatable bonds is 10. The SMILES string of the molecule is C=COC(COCCOC(=O)C=C)OC(C)C. The third-order valence-electron chi connectivity index (χ3n) is 1.56. The van der Waals surface area contributed by atoms with Crippen molar-refractivity contribution in [2.24, 2.45) is 0 Å². The molecule has 0 N–H and O–H groups in total. The Morgan fingerprint density at radius 1 is 1.29 bits per heavy atom. The molecule has 1 atom stereocenters. The van der Waals surface area contributed by atoms with E-state index in [2.05, 4.69) is 13.2 Å². The van der Waals surface area contributed by atoms with E-state index in [0.29, 0.717) is 0 Å². The van der Waals surface area contributed by atoms with Gasteiger partial charge in [0.2, 0.25) is 6.29 Å². The molecule has 0 rings (SSSR count). The molecule has 5 heteroatoms. The highest BCUT2D eigenvalue weighted by Crippen LogP contribution is 2.01. The Labute approximate surface area is 102 Å². The third-order valence-corrected chi connectivity index (χ3v) is 1.56. The van der Waals surface area contributed by atoms with Gasteiger partial charge in [-0.2, -0.15) is 0 Å². The minimum Gasteiger partial charge on any atom is -0.471 e. The first-order chi connectivity index (χ1) is 8.10. The van der Waals surface area contributed by atoms with Crippen LogP contribution in [0.4, 0.5) is 0 Å². The Bertz CT molecular complexity index is 237. The predicted octanol–water partition coefficient (Wildman–Crippen LogP) is 1.64. The fourth-order valence-corrected chi connectivity index (χ4v) is 0.961. The van der Waals surface area contributed by atoms with Crippen molar-refractivity contribution in [3.63, 3.8) is 0 Å². The zero-order valence-electron chi connectivity index (χ0n) is 10.4. The lowest BCUT2D eigenvalue weighted by Gasteiger charge is -2.19. The summed E-state index contributed by atoms with van der Waals surface area (Å²) in [5.74, 6) is -0.467. The largest absolute Gasteiger partial charge is 0.471 e. The number of ether oxygens (including phenoxy) is 4. The molecule has 0 aromatic carbocycles. The molecule has 0 saturated heterocycles. The summed E-state index contributed by atoms with van der Waals surface area (Å²) in [5.41, 5.74) is 0. The van der Waals surface area contributed by atoms with E-state index in [-0.39, 0.29) is 25.9 Å². The van der Waals surface area contributed by atoms with Crippen LogP contribution in [-0.4, -0.2) is 38.2 Å². The molecule has 0 aliphatic carbocycles. The summed E-state index contributed by atoms with van der Waals surface area (Å²) in [4.78, 5) is 10.7. The molecule has 0 aromatic heterocycles. The predicted molar refractivity (Wildman–Crippen MR) is 63.3 cm³/mol. The number of carbonyl (C=O) groups excluding carboxylic acids is 1. The summed E-state index contributed by atoms with van der Waals surface area (Å²) in [5, 5.41) is 0. The fourth-order valence-electron chi connectivity index (χ4n) is 0.961. The smallest absolute Gasteiger partial charge is 0.330 e. The molecule has 0 aliphatic rings. The topological polar surface area (TPSA) is 54.0 Å². The number of hydrogen-bond acceptors (Lipinski definition) is 5. The van der Waals surface area contributed by atoms with E-state index in [1.165, 1.54) is 6.26 Å². The van der Waals surface area contributed by atoms with Crippen LogP contribution in [0.25, 0.3) is 0 Å². The lowest BCUT2D eigenvalue weighted by molar-refractivity contribution is -0.165. The Balaban J connectivity index is 3.63. The molecule has 0 aliphatic heterocycles. The molecule has 0 fully saturated rings. The molecular weight excluding hydrogens is 224 g/mol. The van der Waals surface area contributed by atoms with Crippen LogP contribution in [0.15, 0.2) is 25.5 Å². The normalized spacial score (nSPS) is 11.9. The minimum absolute atomic E-state index is 0.0298. The Morgan fingerprint density at radius 3 is 2.53 bits per heavy atom. The number of hydrogen-bond donors (Lipinski definition) is 0. The zero-order valence-corrected chi connectivity index (χ0v) is 10.4. The van der Waals surface area contributed by atoms with Crippen LogP contribution in [0.5, 0.6) is 0 Å². The van der Waals surface area contributed by atoms with Crippen LogP contribution in [0.3, 0.4) is 0 Å². The van der Waals surface area contributed by atoms with E-state index in [1.54, 1.807) is 0 Å². The molecule has 0 bridgehead atoms. The van der Waals surface area contributed by atoms with Crippen LogP contribution in [0.1, 0.15) is 13.8 Å². The van der Waals surface area contributed by atoms with Gasteiger partial charge in [-0.05, 0) is 13.8 Å². The second-order valence-electron chi connectivity index (χ2n) is 3.36. The monoisotopic (exact) mass is 244 g/mol. The molecule has 17 heavy (non-hydrogen) atoms. The first-order valence-electron chi connectivity index (χ1n) is 5.39. The van der Waals surface area contributed by atoms with Crippen LogP contribution in [0.2, 0.25) is 0 Å². The van der Waals surface area contributed by atoms with Crippen molar-refractivity contribution in [3.05, 3.63) is 25.5 Å².